The first-order chi connectivity index (χ1) is 20.7. The number of ether oxygens (including phenoxy) is 1. The van der Waals surface area contributed by atoms with Crippen molar-refractivity contribution in [3.63, 3.8) is 0 Å². The number of anilines is 2. The van der Waals surface area contributed by atoms with Gasteiger partial charge in [-0.2, -0.15) is 13.2 Å². The lowest BCUT2D eigenvalue weighted by Gasteiger charge is -2.55. The number of hydrogen-bond acceptors (Lipinski definition) is 6. The van der Waals surface area contributed by atoms with Gasteiger partial charge in [0.25, 0.3) is 0 Å². The minimum Gasteiger partial charge on any atom is -0.464 e. The van der Waals surface area contributed by atoms with Crippen LogP contribution in [0, 0.1) is 23.2 Å². The molecule has 43 heavy (non-hydrogen) atoms. The minimum absolute atomic E-state index is 0.0327. The molecule has 5 fully saturated rings. The molecular formula is C33H38F3N3O3S. The van der Waals surface area contributed by atoms with Gasteiger partial charge in [0.15, 0.2) is 0 Å². The van der Waals surface area contributed by atoms with E-state index in [9.17, 15) is 22.8 Å². The molecule has 6 nitrogen and oxygen atoms in total. The third-order valence-electron chi connectivity index (χ3n) is 10.3. The summed E-state index contributed by atoms with van der Waals surface area (Å²) in [5, 5.41) is 0. The predicted octanol–water partition coefficient (Wildman–Crippen LogP) is 6.60. The Balaban J connectivity index is 0.908. The normalized spacial score (nSPS) is 28.4. The number of nitrogens with zero attached hydrogens (tertiary/aromatic N) is 3. The fraction of sp³-hybridized carbons (Fsp3) is 0.576. The molecule has 2 aliphatic heterocycles. The Bertz CT molecular complexity index is 1360. The number of esters is 1. The smallest absolute Gasteiger partial charge is 0.416 e. The van der Waals surface area contributed by atoms with Gasteiger partial charge in [0, 0.05) is 55.5 Å². The number of benzene rings is 2. The largest absolute Gasteiger partial charge is 0.464 e. The average molecular weight is 614 g/mol. The third kappa shape index (κ3) is 5.82. The molecule has 1 amide bonds. The number of halogens is 3. The third-order valence-corrected chi connectivity index (χ3v) is 11.5. The summed E-state index contributed by atoms with van der Waals surface area (Å²) < 4.78 is 46.5. The molecule has 230 valence electrons. The summed E-state index contributed by atoms with van der Waals surface area (Å²) in [6.07, 6.45) is 2.69. The molecule has 2 aromatic carbocycles. The number of carbonyl (C=O) groups is 2. The van der Waals surface area contributed by atoms with E-state index in [1.165, 1.54) is 42.0 Å². The van der Waals surface area contributed by atoms with E-state index in [0.29, 0.717) is 30.3 Å². The van der Waals surface area contributed by atoms with E-state index in [4.69, 9.17) is 4.74 Å². The Hall–Kier alpha value is -2.56. The molecule has 0 N–H and O–H groups in total. The van der Waals surface area contributed by atoms with Crippen LogP contribution in [-0.2, 0) is 20.5 Å². The molecule has 6 aliphatic rings. The number of rotatable bonds is 7. The van der Waals surface area contributed by atoms with Gasteiger partial charge in [0.1, 0.15) is 6.61 Å². The SMILES string of the molecule is O=C(CCN1CCN(CCOC(=O)C23CC4CC(CC(C4)C2)C3)CC1)N1c2ccccc2Sc2ccc(C(F)(F)F)cc21. The van der Waals surface area contributed by atoms with Crippen LogP contribution in [-0.4, -0.2) is 67.6 Å². The molecule has 4 bridgehead atoms. The van der Waals surface area contributed by atoms with Crippen molar-refractivity contribution in [1.82, 2.24) is 9.80 Å². The van der Waals surface area contributed by atoms with Gasteiger partial charge >= 0.3 is 12.1 Å². The number of carbonyl (C=O) groups excluding carboxylic acids is 2. The zero-order valence-electron chi connectivity index (χ0n) is 24.3. The fourth-order valence-corrected chi connectivity index (χ4v) is 9.62. The van der Waals surface area contributed by atoms with E-state index in [2.05, 4.69) is 9.80 Å². The summed E-state index contributed by atoms with van der Waals surface area (Å²) in [7, 11) is 0. The van der Waals surface area contributed by atoms with Crippen LogP contribution >= 0.6 is 11.8 Å². The van der Waals surface area contributed by atoms with Crippen LogP contribution in [0.25, 0.3) is 0 Å². The summed E-state index contributed by atoms with van der Waals surface area (Å²) in [4.78, 5) is 34.2. The predicted molar refractivity (Wildman–Crippen MR) is 158 cm³/mol. The number of alkyl halides is 3. The Morgan fingerprint density at radius 2 is 1.44 bits per heavy atom. The molecule has 2 aromatic rings. The second-order valence-electron chi connectivity index (χ2n) is 13.2. The van der Waals surface area contributed by atoms with Crippen molar-refractivity contribution in [2.45, 2.75) is 60.9 Å². The van der Waals surface area contributed by atoms with Gasteiger partial charge in [0.2, 0.25) is 5.91 Å². The maximum Gasteiger partial charge on any atom is 0.416 e. The second-order valence-corrected chi connectivity index (χ2v) is 14.3. The van der Waals surface area contributed by atoms with Gasteiger partial charge < -0.3 is 9.64 Å². The molecule has 1 saturated heterocycles. The van der Waals surface area contributed by atoms with E-state index in [1.807, 2.05) is 12.1 Å². The molecule has 10 heteroatoms. The highest BCUT2D eigenvalue weighted by Gasteiger charge is 2.55. The lowest BCUT2D eigenvalue weighted by atomic mass is 9.49. The van der Waals surface area contributed by atoms with Crippen molar-refractivity contribution in [3.05, 3.63) is 48.0 Å². The zero-order chi connectivity index (χ0) is 29.8. The fourth-order valence-electron chi connectivity index (χ4n) is 8.58. The Labute approximate surface area is 254 Å². The first-order valence-electron chi connectivity index (χ1n) is 15.6. The molecule has 0 spiro atoms. The van der Waals surface area contributed by atoms with Gasteiger partial charge in [-0.25, -0.2) is 0 Å². The highest BCUT2D eigenvalue weighted by Crippen LogP contribution is 2.60. The van der Waals surface area contributed by atoms with Crippen LogP contribution in [0.2, 0.25) is 0 Å². The maximum atomic E-state index is 13.6. The molecule has 2 heterocycles. The molecule has 0 atom stereocenters. The van der Waals surface area contributed by atoms with E-state index >= 15 is 0 Å². The Morgan fingerprint density at radius 1 is 0.837 bits per heavy atom. The van der Waals surface area contributed by atoms with Crippen molar-refractivity contribution in [2.24, 2.45) is 23.2 Å². The van der Waals surface area contributed by atoms with Crippen LogP contribution in [0.1, 0.15) is 50.5 Å². The van der Waals surface area contributed by atoms with Crippen molar-refractivity contribution < 1.29 is 27.5 Å². The summed E-state index contributed by atoms with van der Waals surface area (Å²) >= 11 is 1.38. The minimum atomic E-state index is -4.49. The highest BCUT2D eigenvalue weighted by atomic mass is 32.2. The summed E-state index contributed by atoms with van der Waals surface area (Å²) in [6.45, 7) is 4.90. The van der Waals surface area contributed by atoms with Crippen molar-refractivity contribution >= 4 is 35.0 Å². The lowest BCUT2D eigenvalue weighted by molar-refractivity contribution is -0.172. The lowest BCUT2D eigenvalue weighted by Crippen LogP contribution is -2.51. The van der Waals surface area contributed by atoms with E-state index in [1.54, 1.807) is 12.1 Å². The van der Waals surface area contributed by atoms with E-state index < -0.39 is 11.7 Å². The van der Waals surface area contributed by atoms with Crippen LogP contribution in [0.5, 0.6) is 0 Å². The van der Waals surface area contributed by atoms with Gasteiger partial charge in [-0.05, 0) is 86.6 Å². The first kappa shape index (κ1) is 29.2. The Morgan fingerprint density at radius 3 is 2.09 bits per heavy atom. The zero-order valence-corrected chi connectivity index (χ0v) is 25.1. The second kappa shape index (κ2) is 11.4. The Kier molecular flexibility index (Phi) is 7.75. The number of fused-ring (bicyclic) bond motifs is 2. The molecule has 4 aliphatic carbocycles. The number of amides is 1. The number of hydrogen-bond donors (Lipinski definition) is 0. The van der Waals surface area contributed by atoms with Gasteiger partial charge in [0.05, 0.1) is 22.4 Å². The maximum absolute atomic E-state index is 13.6. The molecule has 8 rings (SSSR count). The van der Waals surface area contributed by atoms with E-state index in [0.717, 1.165) is 80.2 Å². The molecular weight excluding hydrogens is 575 g/mol. The van der Waals surface area contributed by atoms with Gasteiger partial charge in [-0.15, -0.1) is 0 Å². The van der Waals surface area contributed by atoms with Gasteiger partial charge in [-0.1, -0.05) is 23.9 Å². The standard InChI is InChI=1S/C33H38F3N3O3S/c34-33(35,36)25-5-6-29-27(18-25)39(26-3-1-2-4-28(26)43-29)30(40)7-8-37-9-11-38(12-10-37)13-14-42-31(41)32-19-22-15-23(20-32)17-24(16-22)21-32/h1-6,18,22-24H,7-17,19-21H2. The molecule has 4 saturated carbocycles. The van der Waals surface area contributed by atoms with Crippen LogP contribution in [0.15, 0.2) is 52.3 Å². The van der Waals surface area contributed by atoms with E-state index in [-0.39, 0.29) is 29.4 Å². The van der Waals surface area contributed by atoms with Crippen LogP contribution in [0.4, 0.5) is 24.5 Å². The molecule has 0 radical (unpaired) electrons. The quantitative estimate of drug-likeness (QED) is 0.328. The monoisotopic (exact) mass is 613 g/mol. The number of para-hydroxylation sites is 1. The van der Waals surface area contributed by atoms with Crippen LogP contribution in [0.3, 0.4) is 0 Å². The summed E-state index contributed by atoms with van der Waals surface area (Å²) in [5.74, 6) is 1.97. The van der Waals surface area contributed by atoms with Crippen molar-refractivity contribution in [1.29, 1.82) is 0 Å². The van der Waals surface area contributed by atoms with Gasteiger partial charge in [-0.3, -0.25) is 19.4 Å². The summed E-state index contributed by atoms with van der Waals surface area (Å²) in [5.41, 5.74) is -0.0695. The van der Waals surface area contributed by atoms with Crippen molar-refractivity contribution in [2.75, 3.05) is 50.8 Å². The first-order valence-corrected chi connectivity index (χ1v) is 16.4. The summed E-state index contributed by atoms with van der Waals surface area (Å²) in [6, 6.07) is 11.0. The topological polar surface area (TPSA) is 53.1 Å². The number of piperazine rings is 1. The van der Waals surface area contributed by atoms with Crippen LogP contribution < -0.4 is 4.90 Å². The highest BCUT2D eigenvalue weighted by molar-refractivity contribution is 7.99. The molecule has 0 unspecified atom stereocenters. The van der Waals surface area contributed by atoms with Crippen molar-refractivity contribution in [3.8, 4) is 0 Å². The average Bonchev–Trinajstić information content (AvgIpc) is 2.98. The molecule has 0 aromatic heterocycles.